The first-order chi connectivity index (χ1) is 9.92. The van der Waals surface area contributed by atoms with Gasteiger partial charge in [0.25, 0.3) is 5.91 Å². The second kappa shape index (κ2) is 7.74. The fourth-order valence-corrected chi connectivity index (χ4v) is 2.66. The van der Waals surface area contributed by atoms with Gasteiger partial charge in [-0.3, -0.25) is 4.79 Å². The van der Waals surface area contributed by atoms with E-state index in [0.717, 1.165) is 18.6 Å². The van der Waals surface area contributed by atoms with Crippen LogP contribution < -0.4 is 10.5 Å². The van der Waals surface area contributed by atoms with Gasteiger partial charge in [0.1, 0.15) is 5.75 Å². The Bertz CT molecular complexity index is 530. The first-order valence-corrected chi connectivity index (χ1v) is 7.04. The summed E-state index contributed by atoms with van der Waals surface area (Å²) in [7, 11) is 0. The van der Waals surface area contributed by atoms with Crippen LogP contribution in [0, 0.1) is 17.6 Å². The Morgan fingerprint density at radius 1 is 1.45 bits per heavy atom. The summed E-state index contributed by atoms with van der Waals surface area (Å²) < 4.78 is 31.4. The third-order valence-electron chi connectivity index (χ3n) is 3.83. The molecular formula is C15H21ClF2N2O2. The molecule has 1 saturated heterocycles. The largest absolute Gasteiger partial charge is 0.481 e. The van der Waals surface area contributed by atoms with Crippen LogP contribution in [0.5, 0.6) is 5.75 Å². The Hall–Kier alpha value is -1.40. The maximum atomic E-state index is 13.1. The van der Waals surface area contributed by atoms with Gasteiger partial charge in [0.05, 0.1) is 0 Å². The maximum Gasteiger partial charge on any atom is 0.263 e. The van der Waals surface area contributed by atoms with E-state index < -0.39 is 17.7 Å². The molecule has 4 nitrogen and oxygen atoms in total. The number of hydrogen-bond donors (Lipinski definition) is 1. The highest BCUT2D eigenvalue weighted by Gasteiger charge is 2.34. The third-order valence-corrected chi connectivity index (χ3v) is 3.83. The summed E-state index contributed by atoms with van der Waals surface area (Å²) in [5.74, 6) is -1.66. The number of rotatable bonds is 4. The number of nitrogens with zero attached hydrogens (tertiary/aromatic N) is 1. The maximum absolute atomic E-state index is 13.1. The van der Waals surface area contributed by atoms with Crippen molar-refractivity contribution in [2.45, 2.75) is 32.4 Å². The minimum absolute atomic E-state index is 0. The van der Waals surface area contributed by atoms with Crippen LogP contribution in [0.25, 0.3) is 0 Å². The Morgan fingerprint density at radius 3 is 2.68 bits per heavy atom. The van der Waals surface area contributed by atoms with Crippen LogP contribution in [-0.2, 0) is 4.79 Å². The lowest BCUT2D eigenvalue weighted by molar-refractivity contribution is -0.138. The smallest absolute Gasteiger partial charge is 0.263 e. The topological polar surface area (TPSA) is 55.6 Å². The van der Waals surface area contributed by atoms with Crippen LogP contribution in [0.3, 0.4) is 0 Å². The molecule has 2 rings (SSSR count). The van der Waals surface area contributed by atoms with E-state index >= 15 is 0 Å². The molecule has 7 heteroatoms. The minimum Gasteiger partial charge on any atom is -0.481 e. The summed E-state index contributed by atoms with van der Waals surface area (Å²) in [5.41, 5.74) is 5.64. The molecule has 1 aliphatic heterocycles. The molecular weight excluding hydrogens is 314 g/mol. The van der Waals surface area contributed by atoms with Gasteiger partial charge in [0, 0.05) is 18.7 Å². The molecule has 0 bridgehead atoms. The average molecular weight is 335 g/mol. The monoisotopic (exact) mass is 334 g/mol. The van der Waals surface area contributed by atoms with E-state index in [-0.39, 0.29) is 30.1 Å². The van der Waals surface area contributed by atoms with Crippen LogP contribution in [0.2, 0.25) is 0 Å². The Kier molecular flexibility index (Phi) is 6.56. The van der Waals surface area contributed by atoms with Crippen LogP contribution in [0.4, 0.5) is 8.78 Å². The molecule has 1 fully saturated rings. The van der Waals surface area contributed by atoms with Crippen molar-refractivity contribution in [1.29, 1.82) is 0 Å². The molecule has 3 unspecified atom stereocenters. The minimum atomic E-state index is -0.995. The van der Waals surface area contributed by atoms with Crippen molar-refractivity contribution >= 4 is 18.3 Å². The van der Waals surface area contributed by atoms with Crippen LogP contribution in [0.1, 0.15) is 20.3 Å². The lowest BCUT2D eigenvalue weighted by Gasteiger charge is -2.25. The zero-order valence-corrected chi connectivity index (χ0v) is 13.4. The van der Waals surface area contributed by atoms with E-state index in [4.69, 9.17) is 10.5 Å². The Morgan fingerprint density at radius 2 is 2.14 bits per heavy atom. The number of ether oxygens (including phenoxy) is 1. The highest BCUT2D eigenvalue weighted by atomic mass is 35.5. The molecule has 3 atom stereocenters. The Labute approximate surface area is 135 Å². The van der Waals surface area contributed by atoms with Crippen molar-refractivity contribution in [3.8, 4) is 5.75 Å². The Balaban J connectivity index is 0.00000242. The summed E-state index contributed by atoms with van der Waals surface area (Å²) in [4.78, 5) is 14.1. The molecule has 1 aromatic carbocycles. The standard InChI is InChI=1S/C15H20F2N2O2.ClH/c1-9-5-11(7-18)8-19(9)15(20)10(2)21-12-3-4-13(16)14(17)6-12;/h3-4,6,9-11H,5,7-8,18H2,1-2H3;1H. The van der Waals surface area contributed by atoms with Gasteiger partial charge in [0.2, 0.25) is 0 Å². The molecule has 22 heavy (non-hydrogen) atoms. The number of halogens is 3. The molecule has 1 aromatic rings. The molecule has 1 amide bonds. The summed E-state index contributed by atoms with van der Waals surface area (Å²) >= 11 is 0. The highest BCUT2D eigenvalue weighted by Crippen LogP contribution is 2.24. The fraction of sp³-hybridized carbons (Fsp3) is 0.533. The SMILES string of the molecule is CC(Oc1ccc(F)c(F)c1)C(=O)N1CC(CN)CC1C.Cl. The number of nitrogens with two attached hydrogens (primary N) is 1. The summed E-state index contributed by atoms with van der Waals surface area (Å²) in [6.07, 6.45) is 0.119. The molecule has 0 aliphatic carbocycles. The van der Waals surface area contributed by atoms with Gasteiger partial charge < -0.3 is 15.4 Å². The summed E-state index contributed by atoms with van der Waals surface area (Å²) in [5, 5.41) is 0. The molecule has 0 saturated carbocycles. The van der Waals surface area contributed by atoms with Crippen molar-refractivity contribution in [3.63, 3.8) is 0 Å². The molecule has 0 radical (unpaired) electrons. The van der Waals surface area contributed by atoms with Gasteiger partial charge in [-0.25, -0.2) is 8.78 Å². The zero-order chi connectivity index (χ0) is 15.6. The lowest BCUT2D eigenvalue weighted by atomic mass is 10.1. The van der Waals surface area contributed by atoms with Crippen molar-refractivity contribution in [3.05, 3.63) is 29.8 Å². The van der Waals surface area contributed by atoms with Gasteiger partial charge in [0.15, 0.2) is 17.7 Å². The lowest BCUT2D eigenvalue weighted by Crippen LogP contribution is -2.42. The van der Waals surface area contributed by atoms with Gasteiger partial charge >= 0.3 is 0 Å². The second-order valence-corrected chi connectivity index (χ2v) is 5.51. The van der Waals surface area contributed by atoms with Crippen molar-refractivity contribution in [2.75, 3.05) is 13.1 Å². The number of amides is 1. The molecule has 0 spiro atoms. The first kappa shape index (κ1) is 18.6. The van der Waals surface area contributed by atoms with Crippen molar-refractivity contribution < 1.29 is 18.3 Å². The van der Waals surface area contributed by atoms with Gasteiger partial charge in [-0.05, 0) is 44.9 Å². The normalized spacial score (nSPS) is 22.1. The molecule has 124 valence electrons. The molecule has 2 N–H and O–H groups in total. The number of carbonyl (C=O) groups excluding carboxylic acids is 1. The van der Waals surface area contributed by atoms with Gasteiger partial charge in [-0.2, -0.15) is 0 Å². The summed E-state index contributed by atoms with van der Waals surface area (Å²) in [6, 6.07) is 3.33. The fourth-order valence-electron chi connectivity index (χ4n) is 2.66. The first-order valence-electron chi connectivity index (χ1n) is 7.04. The van der Waals surface area contributed by atoms with Crippen molar-refractivity contribution in [2.24, 2.45) is 11.7 Å². The van der Waals surface area contributed by atoms with E-state index in [2.05, 4.69) is 0 Å². The van der Waals surface area contributed by atoms with E-state index in [1.165, 1.54) is 6.07 Å². The number of likely N-dealkylation sites (tertiary alicyclic amines) is 1. The second-order valence-electron chi connectivity index (χ2n) is 5.51. The number of benzene rings is 1. The highest BCUT2D eigenvalue weighted by molar-refractivity contribution is 5.85. The van der Waals surface area contributed by atoms with Crippen LogP contribution in [0.15, 0.2) is 18.2 Å². The summed E-state index contributed by atoms with van der Waals surface area (Å²) in [6.45, 7) is 4.73. The molecule has 0 aromatic heterocycles. The molecule has 1 aliphatic rings. The van der Waals surface area contributed by atoms with E-state index in [1.54, 1.807) is 11.8 Å². The predicted octanol–water partition coefficient (Wildman–Crippen LogP) is 2.35. The third kappa shape index (κ3) is 4.08. The van der Waals surface area contributed by atoms with Gasteiger partial charge in [-0.15, -0.1) is 12.4 Å². The predicted molar refractivity (Wildman–Crippen MR) is 82.0 cm³/mol. The van der Waals surface area contributed by atoms with Crippen molar-refractivity contribution in [1.82, 2.24) is 4.90 Å². The van der Waals surface area contributed by atoms with Crippen LogP contribution >= 0.6 is 12.4 Å². The van der Waals surface area contributed by atoms with E-state index in [0.29, 0.717) is 19.0 Å². The number of carbonyl (C=O) groups is 1. The van der Waals surface area contributed by atoms with E-state index in [9.17, 15) is 13.6 Å². The quantitative estimate of drug-likeness (QED) is 0.919. The van der Waals surface area contributed by atoms with Gasteiger partial charge in [-0.1, -0.05) is 0 Å². The zero-order valence-electron chi connectivity index (χ0n) is 12.6. The number of hydrogen-bond acceptors (Lipinski definition) is 3. The molecule has 1 heterocycles. The average Bonchev–Trinajstić information content (AvgIpc) is 2.83. The van der Waals surface area contributed by atoms with Crippen LogP contribution in [-0.4, -0.2) is 36.0 Å². The van der Waals surface area contributed by atoms with E-state index in [1.807, 2.05) is 6.92 Å².